The van der Waals surface area contributed by atoms with Gasteiger partial charge in [0.2, 0.25) is 0 Å². The van der Waals surface area contributed by atoms with Gasteiger partial charge in [-0.3, -0.25) is 0 Å². The Kier molecular flexibility index (Phi) is 6.94. The first-order valence-electron chi connectivity index (χ1n) is 15.2. The molecule has 8 aromatic rings. The highest BCUT2D eigenvalue weighted by Gasteiger charge is 2.33. The zero-order valence-corrected chi connectivity index (χ0v) is 25.5. The highest BCUT2D eigenvalue weighted by atomic mass is 32.3. The van der Waals surface area contributed by atoms with Gasteiger partial charge in [0.05, 0.1) is 5.69 Å². The summed E-state index contributed by atoms with van der Waals surface area (Å²) in [6, 6.07) is 67.3. The van der Waals surface area contributed by atoms with E-state index in [1.54, 1.807) is 0 Å². The second kappa shape index (κ2) is 11.5. The first-order valence-corrected chi connectivity index (χ1v) is 16.8. The second-order valence-electron chi connectivity index (χ2n) is 11.0. The van der Waals surface area contributed by atoms with Crippen LogP contribution >= 0.6 is 10.0 Å². The van der Waals surface area contributed by atoms with Crippen LogP contribution in [0.2, 0.25) is 0 Å². The zero-order valence-electron chi connectivity index (χ0n) is 24.7. The molecule has 0 aliphatic heterocycles. The highest BCUT2D eigenvalue weighted by Crippen LogP contribution is 2.73. The average Bonchev–Trinajstić information content (AvgIpc) is 3.51. The molecule has 0 atom stereocenters. The number of anilines is 3. The molecule has 0 radical (unpaired) electrons. The molecule has 2 nitrogen and oxygen atoms in total. The molecule has 8 rings (SSSR count). The molecule has 45 heavy (non-hydrogen) atoms. The fourth-order valence-electron chi connectivity index (χ4n) is 6.40. The normalized spacial score (nSPS) is 11.9. The van der Waals surface area contributed by atoms with Crippen LogP contribution in [0.25, 0.3) is 21.9 Å². The Hall–Kier alpha value is -5.51. The number of hydrogen-bond donors (Lipinski definition) is 0. The van der Waals surface area contributed by atoms with Crippen molar-refractivity contribution in [3.05, 3.63) is 188 Å². The summed E-state index contributed by atoms with van der Waals surface area (Å²) >= 11 is 0. The third-order valence-corrected chi connectivity index (χ3v) is 12.3. The molecule has 0 N–H and O–H groups in total. The van der Waals surface area contributed by atoms with Crippen molar-refractivity contribution in [2.75, 3.05) is 4.90 Å². The summed E-state index contributed by atoms with van der Waals surface area (Å²) in [5.41, 5.74) is 4.93. The number of rotatable bonds is 7. The van der Waals surface area contributed by atoms with Crippen molar-refractivity contribution >= 4 is 49.0 Å². The van der Waals surface area contributed by atoms with Gasteiger partial charge < -0.3 is 9.32 Å². The molecule has 216 valence electrons. The van der Waals surface area contributed by atoms with Gasteiger partial charge in [0.25, 0.3) is 0 Å². The molecule has 0 fully saturated rings. The molecule has 3 heteroatoms. The summed E-state index contributed by atoms with van der Waals surface area (Å²) in [4.78, 5) is 7.51. The Morgan fingerprint density at radius 2 is 0.800 bits per heavy atom. The van der Waals surface area contributed by atoms with Crippen molar-refractivity contribution in [1.82, 2.24) is 0 Å². The standard InChI is InChI=1S/C42H31NOS/c1-5-16-32(17-6-1)43(40-26-15-25-39-38-24-13-14-27-41(38)44-42(39)40)33-28-30-37(31-29-33)45(34-18-7-2-8-19-34,35-20-9-3-10-21-35)36-22-11-4-12-23-36/h1-31H. The summed E-state index contributed by atoms with van der Waals surface area (Å²) in [6.45, 7) is 0. The SMILES string of the molecule is c1ccc(N(c2ccc(S(c3ccccc3)(c3ccccc3)c3ccccc3)cc2)c2cccc3c2oc2ccccc23)cc1. The van der Waals surface area contributed by atoms with Crippen LogP contribution in [0, 0.1) is 0 Å². The van der Waals surface area contributed by atoms with E-state index >= 15 is 0 Å². The molecule has 0 aliphatic carbocycles. The Labute approximate surface area is 265 Å². The monoisotopic (exact) mass is 597 g/mol. The van der Waals surface area contributed by atoms with Crippen LogP contribution in [0.15, 0.2) is 212 Å². The fourth-order valence-corrected chi connectivity index (χ4v) is 10.3. The van der Waals surface area contributed by atoms with Crippen molar-refractivity contribution in [3.8, 4) is 0 Å². The molecule has 0 unspecified atom stereocenters. The number of furan rings is 1. The molecule has 0 amide bonds. The predicted octanol–water partition coefficient (Wildman–Crippen LogP) is 12.4. The van der Waals surface area contributed by atoms with Crippen LogP contribution in [0.1, 0.15) is 0 Å². The summed E-state index contributed by atoms with van der Waals surface area (Å²) < 4.78 is 6.52. The minimum atomic E-state index is -1.77. The molecule has 0 aliphatic rings. The van der Waals surface area contributed by atoms with Crippen molar-refractivity contribution in [1.29, 1.82) is 0 Å². The van der Waals surface area contributed by atoms with E-state index in [0.29, 0.717) is 0 Å². The molecule has 1 aromatic heterocycles. The molecule has 1 heterocycles. The number of benzene rings is 7. The van der Waals surface area contributed by atoms with Crippen LogP contribution in [0.4, 0.5) is 17.1 Å². The fraction of sp³-hybridized carbons (Fsp3) is 0. The van der Waals surface area contributed by atoms with Crippen LogP contribution in [0.3, 0.4) is 0 Å². The molecule has 7 aromatic carbocycles. The first-order chi connectivity index (χ1) is 22.3. The van der Waals surface area contributed by atoms with E-state index in [4.69, 9.17) is 4.42 Å². The van der Waals surface area contributed by atoms with Gasteiger partial charge in [-0.1, -0.05) is 103 Å². The van der Waals surface area contributed by atoms with Gasteiger partial charge in [0.15, 0.2) is 5.58 Å². The predicted molar refractivity (Wildman–Crippen MR) is 188 cm³/mol. The van der Waals surface area contributed by atoms with Crippen molar-refractivity contribution in [2.24, 2.45) is 0 Å². The van der Waals surface area contributed by atoms with Gasteiger partial charge in [-0.15, -0.1) is 10.0 Å². The summed E-state index contributed by atoms with van der Waals surface area (Å²) in [7, 11) is -1.77. The maximum Gasteiger partial charge on any atom is 0.159 e. The summed E-state index contributed by atoms with van der Waals surface area (Å²) in [6.07, 6.45) is 0. The van der Waals surface area contributed by atoms with Crippen molar-refractivity contribution in [3.63, 3.8) is 0 Å². The summed E-state index contributed by atoms with van der Waals surface area (Å²) in [5.74, 6) is 0. The van der Waals surface area contributed by atoms with E-state index in [2.05, 4.69) is 181 Å². The quantitative estimate of drug-likeness (QED) is 0.182. The van der Waals surface area contributed by atoms with Gasteiger partial charge >= 0.3 is 0 Å². The van der Waals surface area contributed by atoms with E-state index in [0.717, 1.165) is 39.0 Å². The van der Waals surface area contributed by atoms with Crippen molar-refractivity contribution in [2.45, 2.75) is 19.6 Å². The third kappa shape index (κ3) is 4.61. The molecule has 0 saturated heterocycles. The lowest BCUT2D eigenvalue weighted by atomic mass is 10.1. The van der Waals surface area contributed by atoms with Crippen LogP contribution in [-0.4, -0.2) is 0 Å². The highest BCUT2D eigenvalue weighted by molar-refractivity contribution is 8.34. The van der Waals surface area contributed by atoms with Crippen LogP contribution < -0.4 is 4.90 Å². The van der Waals surface area contributed by atoms with Gasteiger partial charge in [-0.25, -0.2) is 0 Å². The molecule has 0 spiro atoms. The molecule has 0 saturated carbocycles. The molecular weight excluding hydrogens is 567 g/mol. The van der Waals surface area contributed by atoms with Gasteiger partial charge in [0.1, 0.15) is 5.58 Å². The van der Waals surface area contributed by atoms with Crippen molar-refractivity contribution < 1.29 is 4.42 Å². The third-order valence-electron chi connectivity index (χ3n) is 8.38. The maximum absolute atomic E-state index is 6.52. The van der Waals surface area contributed by atoms with Gasteiger partial charge in [0, 0.05) is 41.7 Å². The van der Waals surface area contributed by atoms with E-state index in [1.807, 2.05) is 12.1 Å². The summed E-state index contributed by atoms with van der Waals surface area (Å²) in [5, 5.41) is 2.24. The molecule has 0 bridgehead atoms. The second-order valence-corrected chi connectivity index (χ2v) is 14.1. The Bertz CT molecular complexity index is 2100. The van der Waals surface area contributed by atoms with E-state index in [-0.39, 0.29) is 0 Å². The van der Waals surface area contributed by atoms with E-state index < -0.39 is 10.0 Å². The lowest BCUT2D eigenvalue weighted by Gasteiger charge is -2.42. The maximum atomic E-state index is 6.52. The van der Waals surface area contributed by atoms with Crippen LogP contribution in [-0.2, 0) is 0 Å². The zero-order chi connectivity index (χ0) is 30.1. The number of nitrogens with zero attached hydrogens (tertiary/aromatic N) is 1. The van der Waals surface area contributed by atoms with Gasteiger partial charge in [-0.05, 0) is 84.9 Å². The Morgan fingerprint density at radius 3 is 1.38 bits per heavy atom. The average molecular weight is 598 g/mol. The van der Waals surface area contributed by atoms with E-state index in [9.17, 15) is 0 Å². The van der Waals surface area contributed by atoms with E-state index in [1.165, 1.54) is 19.6 Å². The largest absolute Gasteiger partial charge is 0.454 e. The number of fused-ring (bicyclic) bond motifs is 3. The Morgan fingerprint density at radius 1 is 0.356 bits per heavy atom. The smallest absolute Gasteiger partial charge is 0.159 e. The minimum absolute atomic E-state index is 0.879. The lowest BCUT2D eigenvalue weighted by molar-refractivity contribution is 0.669. The van der Waals surface area contributed by atoms with Gasteiger partial charge in [-0.2, -0.15) is 0 Å². The molecular formula is C42H31NOS. The topological polar surface area (TPSA) is 16.4 Å². The Balaban J connectivity index is 1.35. The number of hydrogen-bond acceptors (Lipinski definition) is 2. The van der Waals surface area contributed by atoms with Crippen LogP contribution in [0.5, 0.6) is 0 Å². The minimum Gasteiger partial charge on any atom is -0.454 e. The lowest BCUT2D eigenvalue weighted by Crippen LogP contribution is -2.11. The first kappa shape index (κ1) is 27.1. The number of para-hydroxylation sites is 3.